The van der Waals surface area contributed by atoms with E-state index in [1.807, 2.05) is 0 Å². The number of aryl methyl sites for hydroxylation is 1. The molecule has 2 aromatic heterocycles. The van der Waals surface area contributed by atoms with Crippen LogP contribution in [0.15, 0.2) is 22.6 Å². The van der Waals surface area contributed by atoms with Crippen LogP contribution in [-0.2, 0) is 12.8 Å². The van der Waals surface area contributed by atoms with Crippen LogP contribution in [0.3, 0.4) is 0 Å². The minimum Gasteiger partial charge on any atom is -0.364 e. The number of carbonyl (C=O) groups is 1. The van der Waals surface area contributed by atoms with Crippen molar-refractivity contribution in [3.05, 3.63) is 44.8 Å². The van der Waals surface area contributed by atoms with E-state index in [-0.39, 0.29) is 11.0 Å². The van der Waals surface area contributed by atoms with E-state index in [0.29, 0.717) is 5.13 Å². The Kier molecular flexibility index (Phi) is 3.16. The van der Waals surface area contributed by atoms with Crippen molar-refractivity contribution in [2.45, 2.75) is 25.7 Å². The summed E-state index contributed by atoms with van der Waals surface area (Å²) in [5, 5.41) is 4.91. The van der Waals surface area contributed by atoms with E-state index in [1.54, 1.807) is 11.6 Å². The highest BCUT2D eigenvalue weighted by Crippen LogP contribution is 2.17. The van der Waals surface area contributed by atoms with Gasteiger partial charge in [-0.3, -0.25) is 14.9 Å². The van der Waals surface area contributed by atoms with Crippen LogP contribution in [-0.4, -0.2) is 15.9 Å². The Morgan fingerprint density at radius 3 is 3.00 bits per heavy atom. The Hall–Kier alpha value is -1.95. The Morgan fingerprint density at radius 1 is 1.37 bits per heavy atom. The number of aromatic amines is 1. The van der Waals surface area contributed by atoms with E-state index in [4.69, 9.17) is 0 Å². The fourth-order valence-electron chi connectivity index (χ4n) is 2.32. The third-order valence-electron chi connectivity index (χ3n) is 3.27. The van der Waals surface area contributed by atoms with Gasteiger partial charge in [-0.1, -0.05) is 0 Å². The number of carbonyl (C=O) groups excluding carboxylic acids is 1. The summed E-state index contributed by atoms with van der Waals surface area (Å²) in [7, 11) is 0. The van der Waals surface area contributed by atoms with Crippen LogP contribution in [0.5, 0.6) is 0 Å². The van der Waals surface area contributed by atoms with E-state index >= 15 is 0 Å². The summed E-state index contributed by atoms with van der Waals surface area (Å²) in [5.74, 6) is -0.399. The van der Waals surface area contributed by atoms with Gasteiger partial charge in [0.1, 0.15) is 5.56 Å². The number of H-pyrrole nitrogens is 1. The van der Waals surface area contributed by atoms with Crippen LogP contribution in [0.4, 0.5) is 5.13 Å². The van der Waals surface area contributed by atoms with E-state index in [9.17, 15) is 9.59 Å². The predicted molar refractivity (Wildman–Crippen MR) is 73.8 cm³/mol. The molecule has 98 valence electrons. The predicted octanol–water partition coefficient (Wildman–Crippen LogP) is 1.96. The maximum absolute atomic E-state index is 12.3. The lowest BCUT2D eigenvalue weighted by Crippen LogP contribution is -2.27. The highest BCUT2D eigenvalue weighted by Gasteiger charge is 2.19. The second kappa shape index (κ2) is 4.97. The summed E-state index contributed by atoms with van der Waals surface area (Å²) in [6, 6.07) is 0. The van der Waals surface area contributed by atoms with Gasteiger partial charge in [0.15, 0.2) is 10.6 Å². The molecule has 2 aromatic rings. The number of hydrogen-bond acceptors (Lipinski definition) is 4. The molecule has 3 rings (SSSR count). The van der Waals surface area contributed by atoms with E-state index in [2.05, 4.69) is 15.3 Å². The number of rotatable bonds is 2. The first-order chi connectivity index (χ1) is 9.25. The average molecular weight is 275 g/mol. The van der Waals surface area contributed by atoms with Crippen molar-refractivity contribution in [3.63, 3.8) is 0 Å². The second-order valence-electron chi connectivity index (χ2n) is 4.49. The smallest absolute Gasteiger partial charge is 0.262 e. The highest BCUT2D eigenvalue weighted by atomic mass is 32.1. The number of nitrogens with zero attached hydrogens (tertiary/aromatic N) is 1. The van der Waals surface area contributed by atoms with Crippen molar-refractivity contribution in [2.24, 2.45) is 0 Å². The normalized spacial score (nSPS) is 13.9. The summed E-state index contributed by atoms with van der Waals surface area (Å²) < 4.78 is 0. The standard InChI is InChI=1S/C13H13N3O2S/c17-11-8-3-1-2-4-10(8)15-7-9(11)12(18)16-13-14-5-6-19-13/h5-7H,1-4H2,(H,15,17)(H,14,16,18). The van der Waals surface area contributed by atoms with Gasteiger partial charge in [0.25, 0.3) is 5.91 Å². The van der Waals surface area contributed by atoms with Gasteiger partial charge in [-0.05, 0) is 25.7 Å². The monoisotopic (exact) mass is 275 g/mol. The number of amides is 1. The zero-order valence-corrected chi connectivity index (χ0v) is 11.0. The number of nitrogens with one attached hydrogen (secondary N) is 2. The highest BCUT2D eigenvalue weighted by molar-refractivity contribution is 7.13. The van der Waals surface area contributed by atoms with Crippen LogP contribution in [0.2, 0.25) is 0 Å². The van der Waals surface area contributed by atoms with Gasteiger partial charge < -0.3 is 4.98 Å². The molecule has 0 aromatic carbocycles. The SMILES string of the molecule is O=C(Nc1nccs1)c1c[nH]c2c(c1=O)CCCC2. The van der Waals surface area contributed by atoms with Crippen molar-refractivity contribution in [1.82, 2.24) is 9.97 Å². The van der Waals surface area contributed by atoms with Gasteiger partial charge in [-0.2, -0.15) is 0 Å². The third kappa shape index (κ3) is 2.31. The molecule has 2 heterocycles. The number of hydrogen-bond donors (Lipinski definition) is 2. The molecule has 1 amide bonds. The molecular weight excluding hydrogens is 262 g/mol. The van der Waals surface area contributed by atoms with E-state index in [1.165, 1.54) is 17.5 Å². The fourth-order valence-corrected chi connectivity index (χ4v) is 2.84. The Morgan fingerprint density at radius 2 is 2.21 bits per heavy atom. The number of aromatic nitrogens is 2. The average Bonchev–Trinajstić information content (AvgIpc) is 2.92. The molecule has 0 saturated heterocycles. The lowest BCUT2D eigenvalue weighted by atomic mass is 9.94. The van der Waals surface area contributed by atoms with Crippen molar-refractivity contribution >= 4 is 22.4 Å². The number of fused-ring (bicyclic) bond motifs is 1. The first-order valence-corrected chi connectivity index (χ1v) is 7.08. The molecule has 0 fully saturated rings. The summed E-state index contributed by atoms with van der Waals surface area (Å²) in [6.07, 6.45) is 6.86. The number of pyridine rings is 1. The largest absolute Gasteiger partial charge is 0.364 e. The summed E-state index contributed by atoms with van der Waals surface area (Å²) in [4.78, 5) is 31.4. The Bertz CT molecular complexity index is 661. The van der Waals surface area contributed by atoms with E-state index in [0.717, 1.165) is 36.9 Å². The molecule has 0 aliphatic heterocycles. The van der Waals surface area contributed by atoms with Gasteiger partial charge in [0.2, 0.25) is 0 Å². The maximum Gasteiger partial charge on any atom is 0.262 e. The van der Waals surface area contributed by atoms with Crippen LogP contribution >= 0.6 is 11.3 Å². The number of anilines is 1. The first-order valence-electron chi connectivity index (χ1n) is 6.20. The lowest BCUT2D eigenvalue weighted by Gasteiger charge is -2.15. The summed E-state index contributed by atoms with van der Waals surface area (Å²) in [5.41, 5.74) is 1.75. The van der Waals surface area contributed by atoms with Crippen LogP contribution in [0, 0.1) is 0 Å². The molecule has 19 heavy (non-hydrogen) atoms. The number of thiazole rings is 1. The lowest BCUT2D eigenvalue weighted by molar-refractivity contribution is 0.102. The Balaban J connectivity index is 1.93. The molecule has 0 spiro atoms. The van der Waals surface area contributed by atoms with Gasteiger partial charge in [-0.15, -0.1) is 11.3 Å². The molecule has 0 radical (unpaired) electrons. The van der Waals surface area contributed by atoms with Crippen LogP contribution in [0.25, 0.3) is 0 Å². The van der Waals surface area contributed by atoms with Crippen molar-refractivity contribution in [2.75, 3.05) is 5.32 Å². The molecule has 1 aliphatic carbocycles. The zero-order valence-electron chi connectivity index (χ0n) is 10.2. The van der Waals surface area contributed by atoms with Gasteiger partial charge >= 0.3 is 0 Å². The summed E-state index contributed by atoms with van der Waals surface area (Å²) >= 11 is 1.33. The van der Waals surface area contributed by atoms with Crippen molar-refractivity contribution < 1.29 is 4.79 Å². The molecular formula is C13H13N3O2S. The minimum atomic E-state index is -0.399. The molecule has 2 N–H and O–H groups in total. The summed E-state index contributed by atoms with van der Waals surface area (Å²) in [6.45, 7) is 0. The zero-order chi connectivity index (χ0) is 13.2. The van der Waals surface area contributed by atoms with Gasteiger partial charge in [-0.25, -0.2) is 4.98 Å². The second-order valence-corrected chi connectivity index (χ2v) is 5.38. The van der Waals surface area contributed by atoms with Crippen LogP contribution in [0.1, 0.15) is 34.5 Å². The van der Waals surface area contributed by atoms with Gasteiger partial charge in [0, 0.05) is 29.0 Å². The molecule has 5 nitrogen and oxygen atoms in total. The maximum atomic E-state index is 12.3. The fraction of sp³-hybridized carbons (Fsp3) is 0.308. The molecule has 0 unspecified atom stereocenters. The third-order valence-corrected chi connectivity index (χ3v) is 3.96. The topological polar surface area (TPSA) is 74.8 Å². The quantitative estimate of drug-likeness (QED) is 0.879. The molecule has 0 bridgehead atoms. The van der Waals surface area contributed by atoms with Crippen molar-refractivity contribution in [1.29, 1.82) is 0 Å². The van der Waals surface area contributed by atoms with Gasteiger partial charge in [0.05, 0.1) is 0 Å². The molecule has 6 heteroatoms. The molecule has 0 atom stereocenters. The first kappa shape index (κ1) is 12.1. The van der Waals surface area contributed by atoms with E-state index < -0.39 is 5.91 Å². The van der Waals surface area contributed by atoms with Crippen molar-refractivity contribution in [3.8, 4) is 0 Å². The Labute approximate surface area is 113 Å². The minimum absolute atomic E-state index is 0.150. The molecule has 1 aliphatic rings. The molecule has 0 saturated carbocycles. The van der Waals surface area contributed by atoms with Crippen LogP contribution < -0.4 is 10.7 Å².